The fraction of sp³-hybridized carbons (Fsp3) is 1.00. The molecular formula is C17H35N. The quantitative estimate of drug-likeness (QED) is 0.683. The van der Waals surface area contributed by atoms with Crippen molar-refractivity contribution in [3.63, 3.8) is 0 Å². The van der Waals surface area contributed by atoms with Crippen LogP contribution in [0.25, 0.3) is 0 Å². The molecule has 1 rings (SSSR count). The average Bonchev–Trinajstić information content (AvgIpc) is 2.37. The molecule has 1 N–H and O–H groups in total. The molecule has 0 saturated heterocycles. The molecule has 0 aromatic rings. The molecule has 1 nitrogen and oxygen atoms in total. The predicted octanol–water partition coefficient (Wildman–Crippen LogP) is 4.86. The average molecular weight is 253 g/mol. The van der Waals surface area contributed by atoms with Gasteiger partial charge in [0.15, 0.2) is 0 Å². The van der Waals surface area contributed by atoms with Gasteiger partial charge in [0.2, 0.25) is 0 Å². The summed E-state index contributed by atoms with van der Waals surface area (Å²) in [6.07, 6.45) is 8.29. The highest BCUT2D eigenvalue weighted by Crippen LogP contribution is 2.36. The van der Waals surface area contributed by atoms with Crippen LogP contribution in [0.3, 0.4) is 0 Å². The van der Waals surface area contributed by atoms with E-state index in [0.29, 0.717) is 0 Å². The Kier molecular flexibility index (Phi) is 7.29. The lowest BCUT2D eigenvalue weighted by atomic mass is 9.72. The van der Waals surface area contributed by atoms with Crippen LogP contribution in [0, 0.1) is 23.7 Å². The monoisotopic (exact) mass is 253 g/mol. The van der Waals surface area contributed by atoms with Gasteiger partial charge in [0.25, 0.3) is 0 Å². The Hall–Kier alpha value is -0.0400. The standard InChI is InChI=1S/C17H35N/c1-6-10-18-17(11-13(3)7-2)16-9-8-14(4)15(5)12-16/h13-18H,6-12H2,1-5H3. The second kappa shape index (κ2) is 8.19. The molecule has 0 aliphatic heterocycles. The second-order valence-corrected chi connectivity index (χ2v) is 6.84. The van der Waals surface area contributed by atoms with Crippen LogP contribution in [0.5, 0.6) is 0 Å². The highest BCUT2D eigenvalue weighted by molar-refractivity contribution is 4.84. The van der Waals surface area contributed by atoms with E-state index < -0.39 is 0 Å². The molecule has 1 heteroatoms. The summed E-state index contributed by atoms with van der Waals surface area (Å²) in [6.45, 7) is 13.1. The van der Waals surface area contributed by atoms with Crippen LogP contribution in [0.2, 0.25) is 0 Å². The van der Waals surface area contributed by atoms with Gasteiger partial charge in [-0.25, -0.2) is 0 Å². The lowest BCUT2D eigenvalue weighted by Crippen LogP contribution is -2.41. The SMILES string of the molecule is CCCNC(CC(C)CC)C1CCC(C)C(C)C1. The van der Waals surface area contributed by atoms with Gasteiger partial charge >= 0.3 is 0 Å². The maximum atomic E-state index is 3.84. The molecule has 1 aliphatic carbocycles. The molecule has 108 valence electrons. The zero-order chi connectivity index (χ0) is 13.5. The number of hydrogen-bond donors (Lipinski definition) is 1. The zero-order valence-electron chi connectivity index (χ0n) is 13.3. The van der Waals surface area contributed by atoms with Gasteiger partial charge in [-0.3, -0.25) is 0 Å². The fourth-order valence-corrected chi connectivity index (χ4v) is 3.33. The first-order chi connectivity index (χ1) is 8.58. The maximum Gasteiger partial charge on any atom is 0.00979 e. The number of hydrogen-bond acceptors (Lipinski definition) is 1. The molecule has 0 amide bonds. The first-order valence-corrected chi connectivity index (χ1v) is 8.31. The van der Waals surface area contributed by atoms with E-state index in [1.165, 1.54) is 45.1 Å². The van der Waals surface area contributed by atoms with E-state index in [9.17, 15) is 0 Å². The van der Waals surface area contributed by atoms with Crippen LogP contribution in [-0.4, -0.2) is 12.6 Å². The molecule has 0 aromatic heterocycles. The van der Waals surface area contributed by atoms with E-state index in [4.69, 9.17) is 0 Å². The van der Waals surface area contributed by atoms with E-state index in [1.807, 2.05) is 0 Å². The first-order valence-electron chi connectivity index (χ1n) is 8.31. The molecule has 1 saturated carbocycles. The Morgan fingerprint density at radius 1 is 1.11 bits per heavy atom. The Balaban J connectivity index is 2.52. The van der Waals surface area contributed by atoms with E-state index in [1.54, 1.807) is 0 Å². The second-order valence-electron chi connectivity index (χ2n) is 6.84. The summed E-state index contributed by atoms with van der Waals surface area (Å²) in [7, 11) is 0. The van der Waals surface area contributed by atoms with Crippen molar-refractivity contribution in [2.45, 2.75) is 79.2 Å². The smallest absolute Gasteiger partial charge is 0.00979 e. The first kappa shape index (κ1) is 16.0. The summed E-state index contributed by atoms with van der Waals surface area (Å²) in [4.78, 5) is 0. The summed E-state index contributed by atoms with van der Waals surface area (Å²) < 4.78 is 0. The summed E-state index contributed by atoms with van der Waals surface area (Å²) in [5.74, 6) is 3.66. The highest BCUT2D eigenvalue weighted by atomic mass is 14.9. The fourth-order valence-electron chi connectivity index (χ4n) is 3.33. The van der Waals surface area contributed by atoms with Crippen molar-refractivity contribution in [2.75, 3.05) is 6.54 Å². The van der Waals surface area contributed by atoms with Gasteiger partial charge in [0, 0.05) is 6.04 Å². The van der Waals surface area contributed by atoms with Crippen LogP contribution < -0.4 is 5.32 Å². The van der Waals surface area contributed by atoms with Crippen LogP contribution in [0.15, 0.2) is 0 Å². The summed E-state index contributed by atoms with van der Waals surface area (Å²) >= 11 is 0. The van der Waals surface area contributed by atoms with Crippen LogP contribution in [-0.2, 0) is 0 Å². The van der Waals surface area contributed by atoms with Crippen LogP contribution in [0.4, 0.5) is 0 Å². The van der Waals surface area contributed by atoms with E-state index >= 15 is 0 Å². The third kappa shape index (κ3) is 4.91. The van der Waals surface area contributed by atoms with Crippen LogP contribution in [0.1, 0.15) is 73.1 Å². The minimum Gasteiger partial charge on any atom is -0.314 e. The third-order valence-electron chi connectivity index (χ3n) is 5.22. The molecule has 0 spiro atoms. The largest absolute Gasteiger partial charge is 0.314 e. The topological polar surface area (TPSA) is 12.0 Å². The molecule has 0 heterocycles. The molecule has 1 aliphatic rings. The minimum absolute atomic E-state index is 0.773. The van der Waals surface area contributed by atoms with Crippen molar-refractivity contribution in [2.24, 2.45) is 23.7 Å². The van der Waals surface area contributed by atoms with Crippen molar-refractivity contribution < 1.29 is 0 Å². The number of nitrogens with one attached hydrogen (secondary N) is 1. The molecule has 18 heavy (non-hydrogen) atoms. The molecule has 0 aromatic carbocycles. The van der Waals surface area contributed by atoms with Gasteiger partial charge in [-0.2, -0.15) is 0 Å². The van der Waals surface area contributed by atoms with Crippen molar-refractivity contribution >= 4 is 0 Å². The van der Waals surface area contributed by atoms with Crippen molar-refractivity contribution in [1.82, 2.24) is 5.32 Å². The predicted molar refractivity (Wildman–Crippen MR) is 81.8 cm³/mol. The molecule has 5 atom stereocenters. The lowest BCUT2D eigenvalue weighted by molar-refractivity contribution is 0.157. The van der Waals surface area contributed by atoms with Crippen molar-refractivity contribution in [1.29, 1.82) is 0 Å². The molecular weight excluding hydrogens is 218 g/mol. The van der Waals surface area contributed by atoms with Gasteiger partial charge in [-0.1, -0.05) is 47.5 Å². The summed E-state index contributed by atoms with van der Waals surface area (Å²) in [6, 6.07) is 0.773. The molecule has 5 unspecified atom stereocenters. The lowest BCUT2D eigenvalue weighted by Gasteiger charge is -2.38. The van der Waals surface area contributed by atoms with E-state index in [2.05, 4.69) is 39.9 Å². The Labute approximate surface area is 115 Å². The highest BCUT2D eigenvalue weighted by Gasteiger charge is 2.30. The molecule has 0 bridgehead atoms. The minimum atomic E-state index is 0.773. The maximum absolute atomic E-state index is 3.84. The Morgan fingerprint density at radius 2 is 1.83 bits per heavy atom. The Bertz CT molecular complexity index is 214. The summed E-state index contributed by atoms with van der Waals surface area (Å²) in [5, 5.41) is 3.84. The van der Waals surface area contributed by atoms with Gasteiger partial charge in [-0.15, -0.1) is 0 Å². The normalized spacial score (nSPS) is 32.2. The van der Waals surface area contributed by atoms with Gasteiger partial charge in [0.05, 0.1) is 0 Å². The summed E-state index contributed by atoms with van der Waals surface area (Å²) in [5.41, 5.74) is 0. The van der Waals surface area contributed by atoms with Gasteiger partial charge in [0.1, 0.15) is 0 Å². The molecule has 1 fully saturated rings. The number of rotatable bonds is 7. The van der Waals surface area contributed by atoms with Crippen molar-refractivity contribution in [3.05, 3.63) is 0 Å². The Morgan fingerprint density at radius 3 is 2.39 bits per heavy atom. The van der Waals surface area contributed by atoms with E-state index in [-0.39, 0.29) is 0 Å². The van der Waals surface area contributed by atoms with E-state index in [0.717, 1.165) is 29.7 Å². The van der Waals surface area contributed by atoms with Crippen LogP contribution >= 0.6 is 0 Å². The molecule has 0 radical (unpaired) electrons. The van der Waals surface area contributed by atoms with Gasteiger partial charge < -0.3 is 5.32 Å². The van der Waals surface area contributed by atoms with Gasteiger partial charge in [-0.05, 0) is 55.9 Å². The third-order valence-corrected chi connectivity index (χ3v) is 5.22. The zero-order valence-corrected chi connectivity index (χ0v) is 13.3. The van der Waals surface area contributed by atoms with Crippen molar-refractivity contribution in [3.8, 4) is 0 Å².